The fourth-order valence-corrected chi connectivity index (χ4v) is 2.53. The van der Waals surface area contributed by atoms with Crippen molar-refractivity contribution in [1.29, 1.82) is 0 Å². The van der Waals surface area contributed by atoms with Gasteiger partial charge in [-0.05, 0) is 31.5 Å². The maximum Gasteiger partial charge on any atom is 0.274 e. The number of hydrogen-bond acceptors (Lipinski definition) is 5. The summed E-state index contributed by atoms with van der Waals surface area (Å²) in [6.07, 6.45) is 3.51. The van der Waals surface area contributed by atoms with E-state index in [-0.39, 0.29) is 11.6 Å². The summed E-state index contributed by atoms with van der Waals surface area (Å²) in [6.45, 7) is 8.10. The minimum Gasteiger partial charge on any atom is -0.447 e. The molecule has 21 heavy (non-hydrogen) atoms. The molecule has 0 saturated heterocycles. The highest BCUT2D eigenvalue weighted by Gasteiger charge is 2.17. The summed E-state index contributed by atoms with van der Waals surface area (Å²) < 4.78 is 36.9. The van der Waals surface area contributed by atoms with Gasteiger partial charge in [0, 0.05) is 6.54 Å². The molecule has 0 unspecified atom stereocenters. The van der Waals surface area contributed by atoms with Crippen LogP contribution < -0.4 is 10.0 Å². The lowest BCUT2D eigenvalue weighted by atomic mass is 10.4. The van der Waals surface area contributed by atoms with Crippen LogP contribution in [0.1, 0.15) is 25.5 Å². The highest BCUT2D eigenvalue weighted by Crippen LogP contribution is 2.13. The van der Waals surface area contributed by atoms with Crippen molar-refractivity contribution >= 4 is 10.0 Å². The van der Waals surface area contributed by atoms with Gasteiger partial charge in [0.2, 0.25) is 5.09 Å². The molecule has 1 aromatic heterocycles. The van der Waals surface area contributed by atoms with Crippen LogP contribution in [0.3, 0.4) is 0 Å². The standard InChI is InChI=1S/C14H24N2O4S/c1-3-5-10-19-11-9-16-21(17,18)14-7-6-13(20-14)12-15-8-4-2/h3,6-7,15-16H,1,4-5,8-12H2,2H3. The van der Waals surface area contributed by atoms with Crippen molar-refractivity contribution in [2.75, 3.05) is 26.3 Å². The van der Waals surface area contributed by atoms with Crippen LogP contribution in [0.5, 0.6) is 0 Å². The van der Waals surface area contributed by atoms with E-state index in [1.54, 1.807) is 12.1 Å². The van der Waals surface area contributed by atoms with Crippen molar-refractivity contribution in [2.45, 2.75) is 31.4 Å². The molecule has 0 aromatic carbocycles. The summed E-state index contributed by atoms with van der Waals surface area (Å²) in [5.41, 5.74) is 0. The van der Waals surface area contributed by atoms with Gasteiger partial charge in [0.25, 0.3) is 10.0 Å². The lowest BCUT2D eigenvalue weighted by molar-refractivity contribution is 0.144. The van der Waals surface area contributed by atoms with Gasteiger partial charge in [-0.1, -0.05) is 13.0 Å². The molecule has 0 bridgehead atoms. The Morgan fingerprint density at radius 1 is 1.33 bits per heavy atom. The Balaban J connectivity index is 2.37. The number of hydrogen-bond donors (Lipinski definition) is 2. The highest BCUT2D eigenvalue weighted by molar-refractivity contribution is 7.89. The second kappa shape index (κ2) is 9.73. The lowest BCUT2D eigenvalue weighted by Crippen LogP contribution is -2.27. The highest BCUT2D eigenvalue weighted by atomic mass is 32.2. The Labute approximate surface area is 126 Å². The van der Waals surface area contributed by atoms with E-state index in [0.29, 0.717) is 25.5 Å². The molecule has 0 saturated carbocycles. The molecule has 0 amide bonds. The van der Waals surface area contributed by atoms with Crippen LogP contribution in [0.2, 0.25) is 0 Å². The summed E-state index contributed by atoms with van der Waals surface area (Å²) in [5, 5.41) is 3.08. The molecule has 1 heterocycles. The molecule has 120 valence electrons. The van der Waals surface area contributed by atoms with Crippen LogP contribution in [0.4, 0.5) is 0 Å². The first-order valence-electron chi connectivity index (χ1n) is 7.08. The zero-order valence-electron chi connectivity index (χ0n) is 12.4. The first kappa shape index (κ1) is 17.9. The summed E-state index contributed by atoms with van der Waals surface area (Å²) >= 11 is 0. The smallest absolute Gasteiger partial charge is 0.274 e. The van der Waals surface area contributed by atoms with Gasteiger partial charge < -0.3 is 14.5 Å². The minimum absolute atomic E-state index is 0.0677. The normalized spacial score (nSPS) is 11.7. The molecular formula is C14H24N2O4S. The maximum atomic E-state index is 12.0. The van der Waals surface area contributed by atoms with Crippen molar-refractivity contribution in [1.82, 2.24) is 10.0 Å². The van der Waals surface area contributed by atoms with E-state index in [9.17, 15) is 8.42 Å². The van der Waals surface area contributed by atoms with Crippen molar-refractivity contribution in [3.63, 3.8) is 0 Å². The quantitative estimate of drug-likeness (QED) is 0.453. The van der Waals surface area contributed by atoms with E-state index in [1.807, 2.05) is 0 Å². The molecule has 1 aromatic rings. The third-order valence-corrected chi connectivity index (χ3v) is 3.97. The number of rotatable bonds is 12. The Hall–Kier alpha value is -1.15. The Morgan fingerprint density at radius 3 is 2.86 bits per heavy atom. The second-order valence-electron chi connectivity index (χ2n) is 4.49. The Bertz CT molecular complexity index is 511. The molecule has 2 N–H and O–H groups in total. The van der Waals surface area contributed by atoms with Crippen LogP contribution in [0, 0.1) is 0 Å². The van der Waals surface area contributed by atoms with Gasteiger partial charge in [-0.25, -0.2) is 13.1 Å². The first-order valence-corrected chi connectivity index (χ1v) is 8.56. The Kier molecular flexibility index (Phi) is 8.29. The van der Waals surface area contributed by atoms with Crippen LogP contribution >= 0.6 is 0 Å². The Morgan fingerprint density at radius 2 is 2.14 bits per heavy atom. The van der Waals surface area contributed by atoms with E-state index in [4.69, 9.17) is 9.15 Å². The molecule has 0 radical (unpaired) electrons. The molecule has 7 heteroatoms. The predicted octanol–water partition coefficient (Wildman–Crippen LogP) is 1.65. The zero-order chi connectivity index (χ0) is 15.6. The van der Waals surface area contributed by atoms with Gasteiger partial charge in [0.15, 0.2) is 0 Å². The monoisotopic (exact) mass is 316 g/mol. The average molecular weight is 316 g/mol. The van der Waals surface area contributed by atoms with Gasteiger partial charge in [-0.15, -0.1) is 6.58 Å². The van der Waals surface area contributed by atoms with Crippen LogP contribution in [-0.2, 0) is 21.3 Å². The zero-order valence-corrected chi connectivity index (χ0v) is 13.2. The van der Waals surface area contributed by atoms with Crippen molar-refractivity contribution < 1.29 is 17.6 Å². The lowest BCUT2D eigenvalue weighted by Gasteiger charge is -2.05. The summed E-state index contributed by atoms with van der Waals surface area (Å²) in [5.74, 6) is 0.603. The molecular weight excluding hydrogens is 292 g/mol. The molecule has 0 atom stereocenters. The van der Waals surface area contributed by atoms with Crippen LogP contribution in [0.15, 0.2) is 34.3 Å². The number of ether oxygens (including phenoxy) is 1. The van der Waals surface area contributed by atoms with E-state index >= 15 is 0 Å². The van der Waals surface area contributed by atoms with Crippen molar-refractivity contribution in [2.24, 2.45) is 0 Å². The third-order valence-electron chi connectivity index (χ3n) is 2.63. The van der Waals surface area contributed by atoms with Gasteiger partial charge in [-0.3, -0.25) is 0 Å². The first-order chi connectivity index (χ1) is 10.1. The van der Waals surface area contributed by atoms with Crippen LogP contribution in [0.25, 0.3) is 0 Å². The van der Waals surface area contributed by atoms with Gasteiger partial charge >= 0.3 is 0 Å². The molecule has 0 aliphatic carbocycles. The van der Waals surface area contributed by atoms with Crippen LogP contribution in [-0.4, -0.2) is 34.7 Å². The average Bonchev–Trinajstić information content (AvgIpc) is 2.93. The molecule has 0 aliphatic rings. The SMILES string of the molecule is C=CCCOCCNS(=O)(=O)c1ccc(CNCCC)o1. The fourth-order valence-electron chi connectivity index (χ4n) is 1.57. The molecule has 6 nitrogen and oxygen atoms in total. The molecule has 0 fully saturated rings. The molecule has 0 spiro atoms. The largest absolute Gasteiger partial charge is 0.447 e. The molecule has 1 rings (SSSR count). The van der Waals surface area contributed by atoms with E-state index in [2.05, 4.69) is 23.5 Å². The topological polar surface area (TPSA) is 80.6 Å². The van der Waals surface area contributed by atoms with Crippen molar-refractivity contribution in [3.05, 3.63) is 30.5 Å². The van der Waals surface area contributed by atoms with Crippen molar-refractivity contribution in [3.8, 4) is 0 Å². The van der Waals surface area contributed by atoms with Gasteiger partial charge in [0.1, 0.15) is 5.76 Å². The van der Waals surface area contributed by atoms with E-state index in [0.717, 1.165) is 19.4 Å². The fraction of sp³-hybridized carbons (Fsp3) is 0.571. The minimum atomic E-state index is -3.61. The molecule has 0 aliphatic heterocycles. The maximum absolute atomic E-state index is 12.0. The number of sulfonamides is 1. The van der Waals surface area contributed by atoms with Gasteiger partial charge in [-0.2, -0.15) is 0 Å². The number of nitrogens with one attached hydrogen (secondary N) is 2. The van der Waals surface area contributed by atoms with E-state index < -0.39 is 10.0 Å². The summed E-state index contributed by atoms with van der Waals surface area (Å²) in [6, 6.07) is 3.13. The second-order valence-corrected chi connectivity index (χ2v) is 6.18. The number of furan rings is 1. The van der Waals surface area contributed by atoms with E-state index in [1.165, 1.54) is 6.07 Å². The van der Waals surface area contributed by atoms with Gasteiger partial charge in [0.05, 0.1) is 19.8 Å². The predicted molar refractivity (Wildman–Crippen MR) is 81.5 cm³/mol. The summed E-state index contributed by atoms with van der Waals surface area (Å²) in [4.78, 5) is 0. The summed E-state index contributed by atoms with van der Waals surface area (Å²) in [7, 11) is -3.61. The third kappa shape index (κ3) is 6.90.